The van der Waals surface area contributed by atoms with Gasteiger partial charge >= 0.3 is 0 Å². The van der Waals surface area contributed by atoms with Gasteiger partial charge in [0.1, 0.15) is 0 Å². The summed E-state index contributed by atoms with van der Waals surface area (Å²) in [7, 11) is 0. The molecule has 0 aliphatic rings. The summed E-state index contributed by atoms with van der Waals surface area (Å²) >= 11 is 1.70. The third-order valence-electron chi connectivity index (χ3n) is 1.70. The van der Waals surface area contributed by atoms with Gasteiger partial charge in [-0.05, 0) is 17.7 Å². The minimum Gasteiger partial charge on any atom is -0.238 e. The molecule has 4 nitrogen and oxygen atoms in total. The van der Waals surface area contributed by atoms with E-state index in [-0.39, 0.29) is 0 Å². The van der Waals surface area contributed by atoms with Crippen molar-refractivity contribution in [2.75, 3.05) is 12.3 Å². The number of azide groups is 1. The lowest BCUT2D eigenvalue weighted by molar-refractivity contribution is 0.932. The molecule has 0 saturated carbocycles. The highest BCUT2D eigenvalue weighted by Gasteiger charge is 1.94. The van der Waals surface area contributed by atoms with Crippen LogP contribution in [0.3, 0.4) is 0 Å². The van der Waals surface area contributed by atoms with Crippen molar-refractivity contribution in [1.29, 1.82) is 0 Å². The molecule has 0 saturated heterocycles. The van der Waals surface area contributed by atoms with Crippen LogP contribution in [0.2, 0.25) is 0 Å². The molecule has 0 unspecified atom stereocenters. The maximum atomic E-state index is 8.06. The lowest BCUT2D eigenvalue weighted by Gasteiger charge is -1.99. The van der Waals surface area contributed by atoms with Crippen molar-refractivity contribution >= 4 is 17.4 Å². The Morgan fingerprint density at radius 3 is 2.67 bits per heavy atom. The molecular formula is C10H10N4S. The van der Waals surface area contributed by atoms with Gasteiger partial charge < -0.3 is 0 Å². The molecule has 0 aromatic heterocycles. The molecule has 76 valence electrons. The van der Waals surface area contributed by atoms with E-state index in [0.29, 0.717) is 12.2 Å². The van der Waals surface area contributed by atoms with Crippen LogP contribution in [0.4, 0.5) is 5.69 Å². The summed E-state index contributed by atoms with van der Waals surface area (Å²) in [6.45, 7) is 7.35. The maximum Gasteiger partial charge on any atom is 0.187 e. The molecule has 0 atom stereocenters. The van der Waals surface area contributed by atoms with Crippen LogP contribution in [0.15, 0.2) is 34.3 Å². The fourth-order valence-corrected chi connectivity index (χ4v) is 1.82. The van der Waals surface area contributed by atoms with Crippen molar-refractivity contribution in [3.63, 3.8) is 0 Å². The quantitative estimate of drug-likeness (QED) is 0.184. The van der Waals surface area contributed by atoms with Crippen LogP contribution in [-0.4, -0.2) is 12.3 Å². The second kappa shape index (κ2) is 6.77. The number of thioether (sulfide) groups is 1. The Labute approximate surface area is 92.8 Å². The Kier molecular flexibility index (Phi) is 5.16. The van der Waals surface area contributed by atoms with Crippen LogP contribution in [0.25, 0.3) is 15.3 Å². The molecule has 0 bridgehead atoms. The number of rotatable bonds is 5. The molecule has 1 rings (SSSR count). The molecular weight excluding hydrogens is 208 g/mol. The van der Waals surface area contributed by atoms with Crippen LogP contribution in [-0.2, 0) is 0 Å². The minimum absolute atomic E-state index is 0.545. The third kappa shape index (κ3) is 4.41. The van der Waals surface area contributed by atoms with E-state index in [1.54, 1.807) is 11.8 Å². The van der Waals surface area contributed by atoms with Crippen LogP contribution >= 0.6 is 11.8 Å². The largest absolute Gasteiger partial charge is 0.238 e. The second-order valence-electron chi connectivity index (χ2n) is 2.76. The van der Waals surface area contributed by atoms with E-state index in [0.717, 1.165) is 17.1 Å². The Hall–Kier alpha value is -1.63. The number of benzene rings is 1. The highest BCUT2D eigenvalue weighted by molar-refractivity contribution is 7.99. The van der Waals surface area contributed by atoms with Crippen LogP contribution in [0.5, 0.6) is 0 Å². The summed E-state index contributed by atoms with van der Waals surface area (Å²) in [5.41, 5.74) is 8.72. The molecule has 0 aliphatic heterocycles. The van der Waals surface area contributed by atoms with Crippen molar-refractivity contribution in [3.05, 3.63) is 46.1 Å². The molecule has 1 aromatic carbocycles. The maximum absolute atomic E-state index is 8.06. The average molecular weight is 218 g/mol. The predicted molar refractivity (Wildman–Crippen MR) is 62.1 cm³/mol. The first-order valence-corrected chi connectivity index (χ1v) is 5.46. The van der Waals surface area contributed by atoms with E-state index in [1.165, 1.54) is 0 Å². The van der Waals surface area contributed by atoms with Gasteiger partial charge in [0.2, 0.25) is 0 Å². The summed E-state index contributed by atoms with van der Waals surface area (Å²) in [5.74, 6) is 0.927. The molecule has 0 heterocycles. The van der Waals surface area contributed by atoms with Gasteiger partial charge in [-0.3, -0.25) is 0 Å². The summed E-state index contributed by atoms with van der Waals surface area (Å²) in [5, 5.41) is 3.46. The number of hydrogen-bond donors (Lipinski definition) is 0. The summed E-state index contributed by atoms with van der Waals surface area (Å²) in [4.78, 5) is 7.15. The van der Waals surface area contributed by atoms with Gasteiger partial charge in [-0.2, -0.15) is 0 Å². The van der Waals surface area contributed by atoms with Crippen molar-refractivity contribution in [2.45, 2.75) is 11.3 Å². The molecule has 0 radical (unpaired) electrons. The first-order chi connectivity index (χ1) is 7.36. The van der Waals surface area contributed by atoms with Gasteiger partial charge in [-0.15, -0.1) is 11.8 Å². The van der Waals surface area contributed by atoms with Crippen LogP contribution in [0.1, 0.15) is 6.42 Å². The zero-order valence-corrected chi connectivity index (χ0v) is 8.94. The van der Waals surface area contributed by atoms with E-state index in [1.807, 2.05) is 24.3 Å². The highest BCUT2D eigenvalue weighted by Crippen LogP contribution is 2.22. The zero-order chi connectivity index (χ0) is 10.9. The Balaban J connectivity index is 2.32. The average Bonchev–Trinajstić information content (AvgIpc) is 2.30. The second-order valence-corrected chi connectivity index (χ2v) is 3.93. The van der Waals surface area contributed by atoms with E-state index in [4.69, 9.17) is 12.1 Å². The molecule has 0 N–H and O–H groups in total. The number of nitrogens with zero attached hydrogens (tertiary/aromatic N) is 4. The Morgan fingerprint density at radius 1 is 1.33 bits per heavy atom. The van der Waals surface area contributed by atoms with Gasteiger partial charge in [-0.25, -0.2) is 4.85 Å². The van der Waals surface area contributed by atoms with E-state index in [2.05, 4.69) is 14.9 Å². The first kappa shape index (κ1) is 11.4. The Morgan fingerprint density at radius 2 is 2.07 bits per heavy atom. The smallest absolute Gasteiger partial charge is 0.187 e. The normalized spacial score (nSPS) is 9.00. The summed E-state index contributed by atoms with van der Waals surface area (Å²) in [6.07, 6.45) is 0.874. The van der Waals surface area contributed by atoms with E-state index < -0.39 is 0 Å². The molecule has 1 aromatic rings. The molecule has 0 aliphatic carbocycles. The minimum atomic E-state index is 0.545. The highest BCUT2D eigenvalue weighted by atomic mass is 32.2. The monoisotopic (exact) mass is 218 g/mol. The molecule has 5 heteroatoms. The van der Waals surface area contributed by atoms with Gasteiger partial charge in [0.15, 0.2) is 5.69 Å². The van der Waals surface area contributed by atoms with Crippen molar-refractivity contribution in [2.24, 2.45) is 5.11 Å². The topological polar surface area (TPSA) is 53.1 Å². The molecule has 0 amide bonds. The van der Waals surface area contributed by atoms with Gasteiger partial charge in [-0.1, -0.05) is 29.4 Å². The molecule has 15 heavy (non-hydrogen) atoms. The SMILES string of the molecule is [C-]#[N+]c1ccc(SCCCN=[N+]=[N-])cc1. The van der Waals surface area contributed by atoms with Crippen LogP contribution < -0.4 is 0 Å². The zero-order valence-electron chi connectivity index (χ0n) is 8.13. The molecule has 0 fully saturated rings. The summed E-state index contributed by atoms with van der Waals surface area (Å²) in [6, 6.07) is 7.49. The fraction of sp³-hybridized carbons (Fsp3) is 0.300. The standard InChI is InChI=1S/C10H10N4S/c1-12-9-3-5-10(6-4-9)15-8-2-7-13-14-11/h3-6H,2,7-8H2. The van der Waals surface area contributed by atoms with Gasteiger partial charge in [0.05, 0.1) is 6.57 Å². The van der Waals surface area contributed by atoms with Crippen molar-refractivity contribution in [3.8, 4) is 0 Å². The number of hydrogen-bond acceptors (Lipinski definition) is 2. The van der Waals surface area contributed by atoms with Crippen molar-refractivity contribution in [1.82, 2.24) is 0 Å². The van der Waals surface area contributed by atoms with Gasteiger partial charge in [0, 0.05) is 16.4 Å². The van der Waals surface area contributed by atoms with E-state index >= 15 is 0 Å². The van der Waals surface area contributed by atoms with Gasteiger partial charge in [0.25, 0.3) is 0 Å². The van der Waals surface area contributed by atoms with Crippen LogP contribution in [0, 0.1) is 6.57 Å². The van der Waals surface area contributed by atoms with E-state index in [9.17, 15) is 0 Å². The predicted octanol–water partition coefficient (Wildman–Crippen LogP) is 4.03. The lowest BCUT2D eigenvalue weighted by atomic mass is 10.3. The first-order valence-electron chi connectivity index (χ1n) is 4.48. The molecule has 0 spiro atoms. The third-order valence-corrected chi connectivity index (χ3v) is 2.80. The Bertz CT molecular complexity index is 387. The van der Waals surface area contributed by atoms with Crippen molar-refractivity contribution < 1.29 is 0 Å². The fourth-order valence-electron chi connectivity index (χ4n) is 0.987. The lowest BCUT2D eigenvalue weighted by Crippen LogP contribution is -1.83. The summed E-state index contributed by atoms with van der Waals surface area (Å²) < 4.78 is 0.